The van der Waals surface area contributed by atoms with Crippen LogP contribution in [-0.4, -0.2) is 23.3 Å². The number of rotatable bonds is 2. The van der Waals surface area contributed by atoms with Crippen LogP contribution in [-0.2, 0) is 11.2 Å². The van der Waals surface area contributed by atoms with Crippen LogP contribution in [0.25, 0.3) is 10.9 Å². The van der Waals surface area contributed by atoms with Crippen LogP contribution in [0.1, 0.15) is 74.2 Å². The molecular formula is C28H33N3O3. The van der Waals surface area contributed by atoms with Gasteiger partial charge in [-0.15, -0.1) is 0 Å². The zero-order chi connectivity index (χ0) is 23.9. The normalized spacial score (nSPS) is 15.5. The fourth-order valence-electron chi connectivity index (χ4n) is 4.73. The number of pyridine rings is 1. The van der Waals surface area contributed by atoms with E-state index in [1.54, 1.807) is 25.1 Å². The number of aryl methyl sites for hydroxylation is 1. The van der Waals surface area contributed by atoms with E-state index in [-0.39, 0.29) is 16.9 Å². The number of benzene rings is 2. The molecule has 1 aromatic heterocycles. The number of aromatic amines is 1. The highest BCUT2D eigenvalue weighted by Gasteiger charge is 2.18. The number of nitrogens with zero attached hydrogens (tertiary/aromatic N) is 1. The molecule has 3 aromatic rings. The maximum Gasteiger partial charge on any atom is 0.261 e. The summed E-state index contributed by atoms with van der Waals surface area (Å²) in [6, 6.07) is 12.9. The molecule has 2 aromatic carbocycles. The third-order valence-electron chi connectivity index (χ3n) is 6.62. The van der Waals surface area contributed by atoms with Gasteiger partial charge in [-0.25, -0.2) is 0 Å². The molecule has 0 aliphatic carbocycles. The van der Waals surface area contributed by atoms with Crippen LogP contribution in [0, 0.1) is 0 Å². The average molecular weight is 460 g/mol. The Hall–Kier alpha value is -3.41. The largest absolute Gasteiger partial charge is 0.360 e. The summed E-state index contributed by atoms with van der Waals surface area (Å²) in [5, 5.41) is 3.35. The number of hydrogen-bond donors (Lipinski definition) is 2. The van der Waals surface area contributed by atoms with Gasteiger partial charge in [0.05, 0.1) is 0 Å². The third kappa shape index (κ3) is 5.56. The van der Waals surface area contributed by atoms with E-state index in [0.717, 1.165) is 36.9 Å². The Kier molecular flexibility index (Phi) is 7.78. The lowest BCUT2D eigenvalue weighted by Gasteiger charge is -2.25. The average Bonchev–Trinajstić information content (AvgIpc) is 2.85. The van der Waals surface area contributed by atoms with Gasteiger partial charge in [0.15, 0.2) is 0 Å². The van der Waals surface area contributed by atoms with Crippen molar-refractivity contribution < 1.29 is 9.59 Å². The van der Waals surface area contributed by atoms with Crippen molar-refractivity contribution in [2.24, 2.45) is 0 Å². The molecule has 1 aliphatic heterocycles. The zero-order valence-electron chi connectivity index (χ0n) is 19.9. The Morgan fingerprint density at radius 2 is 1.62 bits per heavy atom. The van der Waals surface area contributed by atoms with Gasteiger partial charge < -0.3 is 15.2 Å². The molecule has 0 fully saturated rings. The lowest BCUT2D eigenvalue weighted by Crippen LogP contribution is -2.30. The molecule has 0 bridgehead atoms. The predicted molar refractivity (Wildman–Crippen MR) is 138 cm³/mol. The fourth-order valence-corrected chi connectivity index (χ4v) is 4.73. The van der Waals surface area contributed by atoms with E-state index < -0.39 is 5.91 Å². The number of para-hydroxylation sites is 1. The number of H-pyrrole nitrogens is 1. The highest BCUT2D eigenvalue weighted by Crippen LogP contribution is 2.28. The molecule has 2 amide bonds. The number of fused-ring (bicyclic) bond motifs is 2. The summed E-state index contributed by atoms with van der Waals surface area (Å²) >= 11 is 0. The third-order valence-corrected chi connectivity index (χ3v) is 6.62. The molecule has 0 unspecified atom stereocenters. The van der Waals surface area contributed by atoms with Crippen molar-refractivity contribution in [3.63, 3.8) is 0 Å². The lowest BCUT2D eigenvalue weighted by atomic mass is 10.0. The van der Waals surface area contributed by atoms with E-state index in [1.165, 1.54) is 38.3 Å². The van der Waals surface area contributed by atoms with Crippen LogP contribution in [0.3, 0.4) is 0 Å². The molecule has 6 nitrogen and oxygen atoms in total. The standard InChI is InChI=1S/C28H33N3O3/c1-20(32)31-17-11-7-5-3-2-4-6-8-12-21-15-16-22(18-26(21)31)30-28(34)24-19-29-25-14-10-9-13-23(25)27(24)33/h9-10,13-16,18-19H,2-8,11-12,17H2,1H3,(H,29,33)(H,30,34). The number of nitrogens with one attached hydrogen (secondary N) is 2. The lowest BCUT2D eigenvalue weighted by molar-refractivity contribution is -0.116. The van der Waals surface area contributed by atoms with E-state index >= 15 is 0 Å². The summed E-state index contributed by atoms with van der Waals surface area (Å²) in [6.45, 7) is 2.27. The second kappa shape index (κ2) is 11.1. The van der Waals surface area contributed by atoms with Gasteiger partial charge in [-0.3, -0.25) is 14.4 Å². The number of amides is 2. The van der Waals surface area contributed by atoms with Crippen molar-refractivity contribution in [1.82, 2.24) is 4.98 Å². The Morgan fingerprint density at radius 1 is 0.912 bits per heavy atom. The highest BCUT2D eigenvalue weighted by molar-refractivity contribution is 6.06. The van der Waals surface area contributed by atoms with Crippen molar-refractivity contribution in [3.8, 4) is 0 Å². The molecule has 6 heteroatoms. The molecule has 178 valence electrons. The van der Waals surface area contributed by atoms with E-state index in [4.69, 9.17) is 0 Å². The number of aromatic nitrogens is 1. The summed E-state index contributed by atoms with van der Waals surface area (Å²) in [7, 11) is 0. The van der Waals surface area contributed by atoms with Gasteiger partial charge in [-0.1, -0.05) is 56.7 Å². The summed E-state index contributed by atoms with van der Waals surface area (Å²) in [5.41, 5.74) is 3.00. The van der Waals surface area contributed by atoms with E-state index in [1.807, 2.05) is 29.2 Å². The maximum absolute atomic E-state index is 13.0. The molecule has 1 aliphatic rings. The van der Waals surface area contributed by atoms with E-state index in [0.29, 0.717) is 23.1 Å². The van der Waals surface area contributed by atoms with Crippen molar-refractivity contribution >= 4 is 34.1 Å². The predicted octanol–water partition coefficient (Wildman–Crippen LogP) is 5.81. The maximum atomic E-state index is 13.0. The smallest absolute Gasteiger partial charge is 0.261 e. The Balaban J connectivity index is 1.62. The quantitative estimate of drug-likeness (QED) is 0.507. The van der Waals surface area contributed by atoms with Crippen LogP contribution in [0.2, 0.25) is 0 Å². The molecule has 34 heavy (non-hydrogen) atoms. The van der Waals surface area contributed by atoms with Gasteiger partial charge in [0.1, 0.15) is 5.56 Å². The van der Waals surface area contributed by atoms with Crippen LogP contribution in [0.15, 0.2) is 53.5 Å². The summed E-state index contributed by atoms with van der Waals surface area (Å²) in [4.78, 5) is 43.3. The molecule has 0 radical (unpaired) electrons. The number of carbonyl (C=O) groups excluding carboxylic acids is 2. The first-order chi connectivity index (χ1) is 16.5. The fraction of sp³-hybridized carbons (Fsp3) is 0.393. The molecule has 0 saturated carbocycles. The molecule has 0 spiro atoms. The van der Waals surface area contributed by atoms with Gasteiger partial charge in [0, 0.05) is 41.9 Å². The minimum atomic E-state index is -0.467. The molecule has 0 atom stereocenters. The van der Waals surface area contributed by atoms with Crippen molar-refractivity contribution in [2.45, 2.75) is 64.7 Å². The number of hydrogen-bond acceptors (Lipinski definition) is 3. The second-order valence-electron chi connectivity index (χ2n) is 9.12. The molecule has 2 N–H and O–H groups in total. The van der Waals surface area contributed by atoms with Crippen molar-refractivity contribution in [1.29, 1.82) is 0 Å². The van der Waals surface area contributed by atoms with E-state index in [9.17, 15) is 14.4 Å². The topological polar surface area (TPSA) is 82.3 Å². The van der Waals surface area contributed by atoms with Gasteiger partial charge in [-0.2, -0.15) is 0 Å². The van der Waals surface area contributed by atoms with Gasteiger partial charge in [-0.05, 0) is 49.1 Å². The van der Waals surface area contributed by atoms with Crippen LogP contribution < -0.4 is 15.6 Å². The summed E-state index contributed by atoms with van der Waals surface area (Å²) in [5.74, 6) is -0.462. The first kappa shape index (κ1) is 23.7. The minimum Gasteiger partial charge on any atom is -0.360 e. The Morgan fingerprint density at radius 3 is 2.38 bits per heavy atom. The first-order valence-corrected chi connectivity index (χ1v) is 12.4. The summed E-state index contributed by atoms with van der Waals surface area (Å²) in [6.07, 6.45) is 11.7. The second-order valence-corrected chi connectivity index (χ2v) is 9.12. The van der Waals surface area contributed by atoms with Crippen molar-refractivity contribution in [2.75, 3.05) is 16.8 Å². The number of anilines is 2. The van der Waals surface area contributed by atoms with Gasteiger partial charge in [0.25, 0.3) is 5.91 Å². The van der Waals surface area contributed by atoms with Gasteiger partial charge in [0.2, 0.25) is 11.3 Å². The van der Waals surface area contributed by atoms with Crippen LogP contribution in [0.5, 0.6) is 0 Å². The Labute approximate surface area is 200 Å². The molecule has 4 rings (SSSR count). The van der Waals surface area contributed by atoms with E-state index in [2.05, 4.69) is 10.3 Å². The minimum absolute atomic E-state index is 0.00516. The summed E-state index contributed by atoms with van der Waals surface area (Å²) < 4.78 is 0. The van der Waals surface area contributed by atoms with Crippen LogP contribution >= 0.6 is 0 Å². The Bertz CT molecular complexity index is 1230. The van der Waals surface area contributed by atoms with Crippen LogP contribution in [0.4, 0.5) is 11.4 Å². The van der Waals surface area contributed by atoms with Crippen molar-refractivity contribution in [3.05, 3.63) is 70.0 Å². The van der Waals surface area contributed by atoms with Gasteiger partial charge >= 0.3 is 0 Å². The first-order valence-electron chi connectivity index (χ1n) is 12.4. The number of carbonyl (C=O) groups is 2. The molecule has 0 saturated heterocycles. The molecular weight excluding hydrogens is 426 g/mol. The SMILES string of the molecule is CC(=O)N1CCCCCCCCCCc2ccc(NC(=O)c3c[nH]c4ccccc4c3=O)cc21. The monoisotopic (exact) mass is 459 g/mol. The zero-order valence-corrected chi connectivity index (χ0v) is 19.9. The molecule has 2 heterocycles. The highest BCUT2D eigenvalue weighted by atomic mass is 16.2.